The van der Waals surface area contributed by atoms with Crippen molar-refractivity contribution < 1.29 is 30.0 Å². The Kier molecular flexibility index (Phi) is 27.0. The predicted molar refractivity (Wildman–Crippen MR) is 131 cm³/mol. The molecule has 0 aliphatic carbocycles. The summed E-state index contributed by atoms with van der Waals surface area (Å²) in [6, 6.07) is 0. The van der Waals surface area contributed by atoms with Crippen LogP contribution in [-0.2, 0) is 9.59 Å². The summed E-state index contributed by atoms with van der Waals surface area (Å²) in [5.74, 6) is -1.83. The summed E-state index contributed by atoms with van der Waals surface area (Å²) in [6.07, 6.45) is 19.7. The lowest BCUT2D eigenvalue weighted by atomic mass is 10.0. The maximum atomic E-state index is 10.4. The fourth-order valence-corrected chi connectivity index (χ4v) is 3.63. The first-order chi connectivity index (χ1) is 15.3. The van der Waals surface area contributed by atoms with E-state index in [1.165, 1.54) is 70.6 Å². The van der Waals surface area contributed by atoms with Gasteiger partial charge in [-0.05, 0) is 12.8 Å². The summed E-state index contributed by atoms with van der Waals surface area (Å²) in [5, 5.41) is 35.3. The van der Waals surface area contributed by atoms with Crippen molar-refractivity contribution in [2.45, 2.75) is 154 Å². The summed E-state index contributed by atoms with van der Waals surface area (Å²) in [4.78, 5) is 20.5. The molecule has 192 valence electrons. The molecule has 0 radical (unpaired) electrons. The Morgan fingerprint density at radius 3 is 1.06 bits per heavy atom. The second-order valence-electron chi connectivity index (χ2n) is 9.03. The average molecular weight is 461 g/mol. The molecule has 0 fully saturated rings. The molecule has 0 spiro atoms. The van der Waals surface area contributed by atoms with Gasteiger partial charge in [-0.3, -0.25) is 9.59 Å². The number of rotatable bonds is 22. The number of unbranched alkanes of at least 4 members (excludes halogenated alkanes) is 14. The predicted octanol–water partition coefficient (Wildman–Crippen LogP) is 6.71. The van der Waals surface area contributed by atoms with E-state index in [1.54, 1.807) is 0 Å². The van der Waals surface area contributed by atoms with Crippen LogP contribution in [0.3, 0.4) is 0 Å². The van der Waals surface area contributed by atoms with E-state index in [4.69, 9.17) is 15.3 Å². The van der Waals surface area contributed by atoms with Crippen molar-refractivity contribution in [2.24, 2.45) is 0 Å². The van der Waals surface area contributed by atoms with Crippen molar-refractivity contribution >= 4 is 11.9 Å². The molecule has 4 N–H and O–H groups in total. The number of aliphatic hydroxyl groups excluding tert-OH is 2. The number of carbonyl (C=O) groups is 2. The van der Waals surface area contributed by atoms with E-state index in [-0.39, 0.29) is 12.8 Å². The third-order valence-corrected chi connectivity index (χ3v) is 5.60. The third kappa shape index (κ3) is 31.0. The first kappa shape index (κ1) is 33.0. The lowest BCUT2D eigenvalue weighted by molar-refractivity contribution is -0.140. The Bertz CT molecular complexity index is 413. The number of carboxylic acid groups (broad SMARTS) is 2. The van der Waals surface area contributed by atoms with Gasteiger partial charge in [0, 0.05) is 0 Å². The standard InChI is InChI=1S/C18H36O3.C8H16O3/c1-2-3-4-5-6-7-8-9-10-11-12-13-14-15-17(19)16-18(20)21;1-2-3-4-5-7(9)6-8(10)11/h17,19H,2-16H2,1H3,(H,20,21);7,9H,2-6H2,1H3,(H,10,11). The second kappa shape index (κ2) is 26.1. The third-order valence-electron chi connectivity index (χ3n) is 5.60. The molecule has 6 nitrogen and oxygen atoms in total. The van der Waals surface area contributed by atoms with Crippen molar-refractivity contribution in [2.75, 3.05) is 0 Å². The van der Waals surface area contributed by atoms with Gasteiger partial charge in [0.1, 0.15) is 0 Å². The van der Waals surface area contributed by atoms with Crippen LogP contribution in [-0.4, -0.2) is 44.6 Å². The van der Waals surface area contributed by atoms with Gasteiger partial charge in [0.2, 0.25) is 0 Å². The average Bonchev–Trinajstić information content (AvgIpc) is 2.71. The molecule has 0 rings (SSSR count). The largest absolute Gasteiger partial charge is 0.481 e. The number of aliphatic hydroxyl groups is 2. The Morgan fingerprint density at radius 1 is 0.500 bits per heavy atom. The molecule has 2 atom stereocenters. The monoisotopic (exact) mass is 460 g/mol. The Labute approximate surface area is 196 Å². The maximum Gasteiger partial charge on any atom is 0.305 e. The van der Waals surface area contributed by atoms with Gasteiger partial charge in [-0.25, -0.2) is 0 Å². The van der Waals surface area contributed by atoms with Crippen LogP contribution in [0.25, 0.3) is 0 Å². The molecule has 0 aromatic carbocycles. The zero-order chi connectivity index (χ0) is 24.5. The van der Waals surface area contributed by atoms with Crippen LogP contribution in [0.4, 0.5) is 0 Å². The number of carboxylic acids is 2. The van der Waals surface area contributed by atoms with E-state index in [1.807, 2.05) is 0 Å². The molecule has 6 heteroatoms. The molecule has 0 aromatic rings. The smallest absolute Gasteiger partial charge is 0.305 e. The van der Waals surface area contributed by atoms with Crippen molar-refractivity contribution in [3.05, 3.63) is 0 Å². The molecule has 0 aromatic heterocycles. The van der Waals surface area contributed by atoms with Crippen LogP contribution in [0, 0.1) is 0 Å². The Hall–Kier alpha value is -1.14. The minimum atomic E-state index is -0.922. The van der Waals surface area contributed by atoms with Gasteiger partial charge in [0.15, 0.2) is 0 Å². The zero-order valence-electron chi connectivity index (χ0n) is 20.9. The van der Waals surface area contributed by atoms with Crippen LogP contribution in [0.2, 0.25) is 0 Å². The highest BCUT2D eigenvalue weighted by atomic mass is 16.4. The minimum absolute atomic E-state index is 0.113. The summed E-state index contributed by atoms with van der Waals surface area (Å²) in [7, 11) is 0. The summed E-state index contributed by atoms with van der Waals surface area (Å²) < 4.78 is 0. The highest BCUT2D eigenvalue weighted by molar-refractivity contribution is 5.67. The van der Waals surface area contributed by atoms with Crippen molar-refractivity contribution in [3.8, 4) is 0 Å². The molecule has 0 bridgehead atoms. The highest BCUT2D eigenvalue weighted by Gasteiger charge is 2.08. The van der Waals surface area contributed by atoms with Gasteiger partial charge in [0.25, 0.3) is 0 Å². The quantitative estimate of drug-likeness (QED) is 0.134. The molecule has 0 aliphatic rings. The van der Waals surface area contributed by atoms with Gasteiger partial charge in [-0.15, -0.1) is 0 Å². The topological polar surface area (TPSA) is 115 Å². The number of aliphatic carboxylic acids is 2. The first-order valence-corrected chi connectivity index (χ1v) is 13.1. The van der Waals surface area contributed by atoms with Crippen molar-refractivity contribution in [3.63, 3.8) is 0 Å². The van der Waals surface area contributed by atoms with Gasteiger partial charge in [0.05, 0.1) is 25.0 Å². The molecule has 0 saturated heterocycles. The number of hydrogen-bond donors (Lipinski definition) is 4. The molecular formula is C26H52O6. The normalized spacial score (nSPS) is 12.6. The molecule has 0 aliphatic heterocycles. The Morgan fingerprint density at radius 2 is 0.750 bits per heavy atom. The summed E-state index contributed by atoms with van der Waals surface area (Å²) in [6.45, 7) is 4.33. The fourth-order valence-electron chi connectivity index (χ4n) is 3.63. The summed E-state index contributed by atoms with van der Waals surface area (Å²) in [5.41, 5.74) is 0. The van der Waals surface area contributed by atoms with E-state index in [2.05, 4.69) is 13.8 Å². The lowest BCUT2D eigenvalue weighted by Crippen LogP contribution is -2.12. The second-order valence-corrected chi connectivity index (χ2v) is 9.03. The van der Waals surface area contributed by atoms with Crippen LogP contribution in [0.1, 0.15) is 142 Å². The molecular weight excluding hydrogens is 408 g/mol. The minimum Gasteiger partial charge on any atom is -0.481 e. The molecule has 0 heterocycles. The van der Waals surface area contributed by atoms with E-state index < -0.39 is 24.1 Å². The molecule has 2 unspecified atom stereocenters. The van der Waals surface area contributed by atoms with Gasteiger partial charge in [-0.1, -0.05) is 117 Å². The summed E-state index contributed by atoms with van der Waals surface area (Å²) >= 11 is 0. The SMILES string of the molecule is CCCCCC(O)CC(=O)O.CCCCCCCCCCCCCCCC(O)CC(=O)O. The Balaban J connectivity index is 0. The van der Waals surface area contributed by atoms with Crippen LogP contribution in [0.15, 0.2) is 0 Å². The molecule has 32 heavy (non-hydrogen) atoms. The highest BCUT2D eigenvalue weighted by Crippen LogP contribution is 2.14. The van der Waals surface area contributed by atoms with Crippen LogP contribution >= 0.6 is 0 Å². The zero-order valence-corrected chi connectivity index (χ0v) is 20.9. The van der Waals surface area contributed by atoms with Gasteiger partial charge < -0.3 is 20.4 Å². The van der Waals surface area contributed by atoms with Crippen molar-refractivity contribution in [1.82, 2.24) is 0 Å². The van der Waals surface area contributed by atoms with Crippen molar-refractivity contribution in [1.29, 1.82) is 0 Å². The van der Waals surface area contributed by atoms with E-state index in [0.29, 0.717) is 12.8 Å². The maximum absolute atomic E-state index is 10.4. The fraction of sp³-hybridized carbons (Fsp3) is 0.923. The number of hydrogen-bond acceptors (Lipinski definition) is 4. The van der Waals surface area contributed by atoms with Crippen LogP contribution < -0.4 is 0 Å². The van der Waals surface area contributed by atoms with E-state index in [0.717, 1.165) is 32.1 Å². The van der Waals surface area contributed by atoms with Gasteiger partial charge in [-0.2, -0.15) is 0 Å². The molecule has 0 amide bonds. The van der Waals surface area contributed by atoms with Crippen LogP contribution in [0.5, 0.6) is 0 Å². The van der Waals surface area contributed by atoms with E-state index in [9.17, 15) is 14.7 Å². The van der Waals surface area contributed by atoms with E-state index >= 15 is 0 Å². The first-order valence-electron chi connectivity index (χ1n) is 13.1. The molecule has 0 saturated carbocycles. The lowest BCUT2D eigenvalue weighted by Gasteiger charge is -2.07. The van der Waals surface area contributed by atoms with Gasteiger partial charge >= 0.3 is 11.9 Å².